The van der Waals surface area contributed by atoms with E-state index in [2.05, 4.69) is 37.8 Å². The van der Waals surface area contributed by atoms with Crippen LogP contribution in [0.15, 0.2) is 12.1 Å². The summed E-state index contributed by atoms with van der Waals surface area (Å²) in [5.41, 5.74) is 2.54. The smallest absolute Gasteiger partial charge is 0.161 e. The minimum Gasteiger partial charge on any atom is -0.493 e. The first-order valence-corrected chi connectivity index (χ1v) is 9.44. The van der Waals surface area contributed by atoms with Gasteiger partial charge in [0.25, 0.3) is 0 Å². The number of ether oxygens (including phenoxy) is 2. The number of hydrogen-bond donors (Lipinski definition) is 0. The first-order valence-electron chi connectivity index (χ1n) is 9.44. The maximum absolute atomic E-state index is 12.7. The molecule has 138 valence electrons. The number of methoxy groups -OCH3 is 2. The van der Waals surface area contributed by atoms with Crippen molar-refractivity contribution >= 4 is 5.78 Å². The molecule has 2 unspecified atom stereocenters. The van der Waals surface area contributed by atoms with Crippen molar-refractivity contribution in [1.82, 2.24) is 4.90 Å². The molecule has 2 aliphatic heterocycles. The summed E-state index contributed by atoms with van der Waals surface area (Å²) < 4.78 is 11.0. The summed E-state index contributed by atoms with van der Waals surface area (Å²) in [7, 11) is 3.34. The van der Waals surface area contributed by atoms with Crippen molar-refractivity contribution in [3.8, 4) is 11.5 Å². The third kappa shape index (κ3) is 3.29. The second-order valence-corrected chi connectivity index (χ2v) is 8.13. The lowest BCUT2D eigenvalue weighted by molar-refractivity contribution is -0.129. The number of nitrogens with zero attached hydrogens (tertiary/aromatic N) is 1. The van der Waals surface area contributed by atoms with Gasteiger partial charge >= 0.3 is 0 Å². The largest absolute Gasteiger partial charge is 0.493 e. The molecule has 1 aromatic carbocycles. The zero-order valence-corrected chi connectivity index (χ0v) is 16.2. The second-order valence-electron chi connectivity index (χ2n) is 8.13. The van der Waals surface area contributed by atoms with Crippen molar-refractivity contribution in [3.63, 3.8) is 0 Å². The minimum absolute atomic E-state index is 0.0288. The van der Waals surface area contributed by atoms with Gasteiger partial charge in [-0.05, 0) is 29.7 Å². The molecule has 4 heteroatoms. The Labute approximate surface area is 151 Å². The monoisotopic (exact) mass is 345 g/mol. The number of benzene rings is 1. The second kappa shape index (κ2) is 6.99. The van der Waals surface area contributed by atoms with Gasteiger partial charge in [0.2, 0.25) is 0 Å². The number of carbonyl (C=O) groups excluding carboxylic acids is 1. The molecule has 0 aromatic heterocycles. The maximum atomic E-state index is 12.7. The third-order valence-electron chi connectivity index (χ3n) is 5.89. The third-order valence-corrected chi connectivity index (χ3v) is 5.89. The van der Waals surface area contributed by atoms with Crippen molar-refractivity contribution in [3.05, 3.63) is 23.3 Å². The number of unbranched alkanes of at least 4 members (excludes halogenated alkanes) is 1. The average Bonchev–Trinajstić information content (AvgIpc) is 2.59. The van der Waals surface area contributed by atoms with E-state index in [9.17, 15) is 4.79 Å². The van der Waals surface area contributed by atoms with Crippen LogP contribution in [-0.2, 0) is 10.2 Å². The average molecular weight is 345 g/mol. The van der Waals surface area contributed by atoms with Crippen LogP contribution in [0.5, 0.6) is 11.5 Å². The Morgan fingerprint density at radius 2 is 1.88 bits per heavy atom. The Hall–Kier alpha value is -1.55. The van der Waals surface area contributed by atoms with E-state index in [1.54, 1.807) is 14.2 Å². The van der Waals surface area contributed by atoms with Crippen molar-refractivity contribution in [1.29, 1.82) is 0 Å². The molecule has 1 aromatic rings. The highest BCUT2D eigenvalue weighted by molar-refractivity contribution is 5.83. The highest BCUT2D eigenvalue weighted by atomic mass is 16.5. The highest BCUT2D eigenvalue weighted by Crippen LogP contribution is 2.47. The molecule has 0 saturated carbocycles. The lowest BCUT2D eigenvalue weighted by atomic mass is 9.72. The number of ketones is 1. The first kappa shape index (κ1) is 18.2. The molecule has 25 heavy (non-hydrogen) atoms. The van der Waals surface area contributed by atoms with Crippen LogP contribution in [0.4, 0.5) is 0 Å². The summed E-state index contributed by atoms with van der Waals surface area (Å²) in [6, 6.07) is 4.37. The summed E-state index contributed by atoms with van der Waals surface area (Å²) in [5, 5.41) is 0. The predicted molar refractivity (Wildman–Crippen MR) is 99.5 cm³/mol. The van der Waals surface area contributed by atoms with Crippen LogP contribution in [0.25, 0.3) is 0 Å². The van der Waals surface area contributed by atoms with E-state index >= 15 is 0 Å². The van der Waals surface area contributed by atoms with E-state index in [1.807, 2.05) is 0 Å². The van der Waals surface area contributed by atoms with Gasteiger partial charge in [-0.3, -0.25) is 9.69 Å². The fraction of sp³-hybridized carbons (Fsp3) is 0.667. The van der Waals surface area contributed by atoms with E-state index in [0.29, 0.717) is 12.2 Å². The topological polar surface area (TPSA) is 38.8 Å². The van der Waals surface area contributed by atoms with Crippen molar-refractivity contribution in [2.45, 2.75) is 57.9 Å². The summed E-state index contributed by atoms with van der Waals surface area (Å²) in [5.74, 6) is 2.15. The number of rotatable bonds is 5. The van der Waals surface area contributed by atoms with Crippen LogP contribution in [-0.4, -0.2) is 38.0 Å². The van der Waals surface area contributed by atoms with Crippen LogP contribution >= 0.6 is 0 Å². The van der Waals surface area contributed by atoms with Gasteiger partial charge in [0.05, 0.1) is 14.2 Å². The molecule has 0 spiro atoms. The summed E-state index contributed by atoms with van der Waals surface area (Å²) >= 11 is 0. The van der Waals surface area contributed by atoms with Gasteiger partial charge in [0, 0.05) is 36.9 Å². The molecule has 0 amide bonds. The molecule has 0 aliphatic carbocycles. The van der Waals surface area contributed by atoms with Gasteiger partial charge in [-0.25, -0.2) is 0 Å². The maximum Gasteiger partial charge on any atom is 0.161 e. The Bertz CT molecular complexity index is 653. The van der Waals surface area contributed by atoms with Gasteiger partial charge in [-0.1, -0.05) is 33.6 Å². The highest BCUT2D eigenvalue weighted by Gasteiger charge is 2.43. The molecule has 0 radical (unpaired) electrons. The van der Waals surface area contributed by atoms with E-state index in [1.165, 1.54) is 11.1 Å². The van der Waals surface area contributed by atoms with E-state index in [4.69, 9.17) is 9.47 Å². The van der Waals surface area contributed by atoms with Crippen molar-refractivity contribution < 1.29 is 14.3 Å². The number of hydrogen-bond acceptors (Lipinski definition) is 4. The lowest BCUT2D eigenvalue weighted by Crippen LogP contribution is -2.51. The van der Waals surface area contributed by atoms with Crippen LogP contribution in [0, 0.1) is 5.92 Å². The minimum atomic E-state index is 0.0288. The van der Waals surface area contributed by atoms with E-state index in [0.717, 1.165) is 43.9 Å². The van der Waals surface area contributed by atoms with E-state index in [-0.39, 0.29) is 17.4 Å². The number of Topliss-reactive ketones (excluding diaryl/α,β-unsaturated/α-hetero) is 1. The van der Waals surface area contributed by atoms with E-state index < -0.39 is 0 Å². The van der Waals surface area contributed by atoms with Crippen molar-refractivity contribution in [2.24, 2.45) is 5.92 Å². The lowest BCUT2D eigenvalue weighted by Gasteiger charge is -2.49. The molecule has 1 fully saturated rings. The molecule has 2 heterocycles. The molecule has 2 atom stereocenters. The fourth-order valence-corrected chi connectivity index (χ4v) is 4.53. The zero-order valence-electron chi connectivity index (χ0n) is 16.2. The molecular formula is C21H31NO3. The standard InChI is InChI=1S/C21H31NO3/c1-6-7-8-14-12-22-13-21(2,3)16-10-20(25-5)19(24-4)9-15(16)17(22)11-18(14)23/h9-10,14,17H,6-8,11-13H2,1-5H3. The van der Waals surface area contributed by atoms with Crippen LogP contribution in [0.3, 0.4) is 0 Å². The Kier molecular flexibility index (Phi) is 5.10. The quantitative estimate of drug-likeness (QED) is 0.805. The molecule has 0 N–H and O–H groups in total. The summed E-state index contributed by atoms with van der Waals surface area (Å²) in [4.78, 5) is 15.2. The molecule has 3 rings (SSSR count). The number of carbonyl (C=O) groups is 1. The predicted octanol–water partition coefficient (Wildman–Crippen LogP) is 4.12. The van der Waals surface area contributed by atoms with Crippen LogP contribution < -0.4 is 9.47 Å². The van der Waals surface area contributed by atoms with Crippen LogP contribution in [0.1, 0.15) is 63.6 Å². The molecule has 2 aliphatic rings. The number of fused-ring (bicyclic) bond motifs is 3. The van der Waals surface area contributed by atoms with Gasteiger partial charge in [-0.2, -0.15) is 0 Å². The fourth-order valence-electron chi connectivity index (χ4n) is 4.53. The van der Waals surface area contributed by atoms with Gasteiger partial charge in [0.15, 0.2) is 11.5 Å². The first-order chi connectivity index (χ1) is 11.9. The Morgan fingerprint density at radius 1 is 1.20 bits per heavy atom. The van der Waals surface area contributed by atoms with Crippen LogP contribution in [0.2, 0.25) is 0 Å². The Balaban J connectivity index is 1.98. The van der Waals surface area contributed by atoms with Gasteiger partial charge in [0.1, 0.15) is 5.78 Å². The zero-order chi connectivity index (χ0) is 18.2. The molecule has 1 saturated heterocycles. The Morgan fingerprint density at radius 3 is 2.52 bits per heavy atom. The SMILES string of the molecule is CCCCC1CN2CC(C)(C)c3cc(OC)c(OC)cc3C2CC1=O. The normalized spacial score (nSPS) is 25.2. The molecular weight excluding hydrogens is 314 g/mol. The summed E-state index contributed by atoms with van der Waals surface area (Å²) in [6.07, 6.45) is 3.93. The van der Waals surface area contributed by atoms with Gasteiger partial charge in [-0.15, -0.1) is 0 Å². The summed E-state index contributed by atoms with van der Waals surface area (Å²) in [6.45, 7) is 8.63. The van der Waals surface area contributed by atoms with Gasteiger partial charge < -0.3 is 9.47 Å². The number of piperidine rings is 1. The van der Waals surface area contributed by atoms with Crippen molar-refractivity contribution in [2.75, 3.05) is 27.3 Å². The molecule has 4 nitrogen and oxygen atoms in total. The molecule has 0 bridgehead atoms.